The molecule has 0 atom stereocenters. The zero-order chi connectivity index (χ0) is 18.7. The number of aryl methyl sites for hydroxylation is 2. The molecule has 0 aliphatic carbocycles. The number of carbonyl (C=O) groups excluding carboxylic acids is 1. The molecular formula is C17H14BrFN4O3. The highest BCUT2D eigenvalue weighted by Gasteiger charge is 2.13. The van der Waals surface area contributed by atoms with Gasteiger partial charge in [-0.3, -0.25) is 9.59 Å². The van der Waals surface area contributed by atoms with Crippen LogP contribution in [0.5, 0.6) is 0 Å². The Bertz CT molecular complexity index is 1020. The minimum atomic E-state index is -0.395. The first-order valence-electron chi connectivity index (χ1n) is 7.69. The van der Waals surface area contributed by atoms with Gasteiger partial charge in [0.1, 0.15) is 11.5 Å². The maximum absolute atomic E-state index is 13.3. The zero-order valence-electron chi connectivity index (χ0n) is 13.7. The molecule has 0 unspecified atom stereocenters. The van der Waals surface area contributed by atoms with Gasteiger partial charge in [0.2, 0.25) is 17.6 Å². The van der Waals surface area contributed by atoms with Crippen LogP contribution >= 0.6 is 15.9 Å². The van der Waals surface area contributed by atoms with E-state index in [1.165, 1.54) is 18.3 Å². The predicted octanol–water partition coefficient (Wildman–Crippen LogP) is 3.21. The van der Waals surface area contributed by atoms with Gasteiger partial charge in [-0.05, 0) is 52.7 Å². The molecule has 0 bridgehead atoms. The molecule has 134 valence electrons. The highest BCUT2D eigenvalue weighted by atomic mass is 79.9. The summed E-state index contributed by atoms with van der Waals surface area (Å²) in [6, 6.07) is 6.03. The Balaban J connectivity index is 1.62. The SMILES string of the molecule is Cc1cc(-c2noc(CCC(=O)Nc3cc(Br)c[nH]c3=O)n2)ccc1F. The smallest absolute Gasteiger partial charge is 0.271 e. The summed E-state index contributed by atoms with van der Waals surface area (Å²) in [5.74, 6) is -0.0603. The lowest BCUT2D eigenvalue weighted by atomic mass is 10.1. The van der Waals surface area contributed by atoms with Crippen molar-refractivity contribution >= 4 is 27.5 Å². The maximum atomic E-state index is 13.3. The van der Waals surface area contributed by atoms with E-state index in [4.69, 9.17) is 4.52 Å². The molecule has 0 saturated heterocycles. The minimum absolute atomic E-state index is 0.0655. The average molecular weight is 421 g/mol. The largest absolute Gasteiger partial charge is 0.339 e. The van der Waals surface area contributed by atoms with Crippen molar-refractivity contribution < 1.29 is 13.7 Å². The number of aromatic amines is 1. The van der Waals surface area contributed by atoms with Crippen molar-refractivity contribution in [3.05, 3.63) is 62.6 Å². The van der Waals surface area contributed by atoms with Crippen molar-refractivity contribution in [2.75, 3.05) is 5.32 Å². The van der Waals surface area contributed by atoms with Crippen LogP contribution in [0.25, 0.3) is 11.4 Å². The third-order valence-corrected chi connectivity index (χ3v) is 4.05. The molecule has 0 fully saturated rings. The van der Waals surface area contributed by atoms with Gasteiger partial charge >= 0.3 is 0 Å². The molecule has 1 aromatic carbocycles. The van der Waals surface area contributed by atoms with Crippen LogP contribution in [0, 0.1) is 12.7 Å². The molecule has 26 heavy (non-hydrogen) atoms. The third-order valence-electron chi connectivity index (χ3n) is 3.59. The average Bonchev–Trinajstić information content (AvgIpc) is 3.08. The summed E-state index contributed by atoms with van der Waals surface area (Å²) in [5, 5.41) is 6.37. The van der Waals surface area contributed by atoms with Crippen molar-refractivity contribution in [3.63, 3.8) is 0 Å². The second-order valence-corrected chi connectivity index (χ2v) is 6.50. The second kappa shape index (κ2) is 7.61. The normalized spacial score (nSPS) is 10.7. The van der Waals surface area contributed by atoms with Crippen LogP contribution in [0.15, 0.2) is 44.3 Å². The van der Waals surface area contributed by atoms with Crippen LogP contribution in [-0.4, -0.2) is 21.0 Å². The molecule has 2 N–H and O–H groups in total. The highest BCUT2D eigenvalue weighted by molar-refractivity contribution is 9.10. The van der Waals surface area contributed by atoms with E-state index in [1.807, 2.05) is 0 Å². The van der Waals surface area contributed by atoms with E-state index in [0.717, 1.165) is 0 Å². The van der Waals surface area contributed by atoms with Gasteiger partial charge in [0.25, 0.3) is 5.56 Å². The number of rotatable bonds is 5. The summed E-state index contributed by atoms with van der Waals surface area (Å²) in [6.45, 7) is 1.65. The number of anilines is 1. The molecular weight excluding hydrogens is 407 g/mol. The maximum Gasteiger partial charge on any atom is 0.271 e. The fourth-order valence-electron chi connectivity index (χ4n) is 2.24. The number of nitrogens with zero attached hydrogens (tertiary/aromatic N) is 2. The van der Waals surface area contributed by atoms with E-state index < -0.39 is 5.56 Å². The molecule has 0 spiro atoms. The van der Waals surface area contributed by atoms with Gasteiger partial charge in [-0.25, -0.2) is 4.39 Å². The Hall–Kier alpha value is -2.81. The van der Waals surface area contributed by atoms with Crippen LogP contribution in [0.1, 0.15) is 17.9 Å². The Morgan fingerprint density at radius 1 is 1.38 bits per heavy atom. The van der Waals surface area contributed by atoms with E-state index in [2.05, 4.69) is 36.4 Å². The summed E-state index contributed by atoms with van der Waals surface area (Å²) in [4.78, 5) is 30.3. The fraction of sp³-hybridized carbons (Fsp3) is 0.176. The Kier molecular flexibility index (Phi) is 5.27. The van der Waals surface area contributed by atoms with E-state index in [1.54, 1.807) is 19.1 Å². The quantitative estimate of drug-likeness (QED) is 0.659. The topological polar surface area (TPSA) is 101 Å². The molecule has 1 amide bonds. The van der Waals surface area contributed by atoms with Gasteiger partial charge in [0, 0.05) is 29.1 Å². The van der Waals surface area contributed by atoms with E-state index in [-0.39, 0.29) is 36.1 Å². The molecule has 0 aliphatic rings. The lowest BCUT2D eigenvalue weighted by Crippen LogP contribution is -2.19. The molecule has 3 rings (SSSR count). The van der Waals surface area contributed by atoms with Gasteiger partial charge in [-0.1, -0.05) is 5.16 Å². The van der Waals surface area contributed by atoms with Crippen LogP contribution in [0.3, 0.4) is 0 Å². The molecule has 0 aliphatic heterocycles. The summed E-state index contributed by atoms with van der Waals surface area (Å²) < 4.78 is 19.1. The van der Waals surface area contributed by atoms with Gasteiger partial charge in [0.15, 0.2) is 0 Å². The highest BCUT2D eigenvalue weighted by Crippen LogP contribution is 2.19. The second-order valence-electron chi connectivity index (χ2n) is 5.58. The number of nitrogens with one attached hydrogen (secondary N) is 2. The molecule has 2 aromatic heterocycles. The van der Waals surface area contributed by atoms with Crippen molar-refractivity contribution in [1.29, 1.82) is 0 Å². The van der Waals surface area contributed by atoms with Crippen molar-refractivity contribution in [2.24, 2.45) is 0 Å². The van der Waals surface area contributed by atoms with Crippen LogP contribution in [-0.2, 0) is 11.2 Å². The van der Waals surface area contributed by atoms with Crippen molar-refractivity contribution in [1.82, 2.24) is 15.1 Å². The Morgan fingerprint density at radius 2 is 2.19 bits per heavy atom. The van der Waals surface area contributed by atoms with Gasteiger partial charge < -0.3 is 14.8 Å². The number of carbonyl (C=O) groups is 1. The van der Waals surface area contributed by atoms with Crippen molar-refractivity contribution in [3.8, 4) is 11.4 Å². The Labute approximate surface area is 155 Å². The van der Waals surface area contributed by atoms with Crippen LogP contribution in [0.2, 0.25) is 0 Å². The first-order valence-corrected chi connectivity index (χ1v) is 8.49. The first-order chi connectivity index (χ1) is 12.4. The fourth-order valence-corrected chi connectivity index (χ4v) is 2.58. The predicted molar refractivity (Wildman–Crippen MR) is 96.1 cm³/mol. The Morgan fingerprint density at radius 3 is 2.96 bits per heavy atom. The summed E-state index contributed by atoms with van der Waals surface area (Å²) in [7, 11) is 0. The zero-order valence-corrected chi connectivity index (χ0v) is 15.3. The lowest BCUT2D eigenvalue weighted by Gasteiger charge is -2.03. The molecule has 7 nitrogen and oxygen atoms in total. The van der Waals surface area contributed by atoms with E-state index >= 15 is 0 Å². The standard InChI is InChI=1S/C17H14BrFN4O3/c1-9-6-10(2-3-12(9)19)16-22-15(26-23-16)5-4-14(24)21-13-7-11(18)8-20-17(13)25/h2-3,6-8H,4-5H2,1H3,(H,20,25)(H,21,24). The first kappa shape index (κ1) is 18.0. The number of pyridine rings is 1. The van der Waals surface area contributed by atoms with Gasteiger partial charge in [-0.15, -0.1) is 0 Å². The molecule has 0 radical (unpaired) electrons. The minimum Gasteiger partial charge on any atom is -0.339 e. The van der Waals surface area contributed by atoms with E-state index in [9.17, 15) is 14.0 Å². The third kappa shape index (κ3) is 4.23. The van der Waals surface area contributed by atoms with Crippen molar-refractivity contribution in [2.45, 2.75) is 19.8 Å². The molecule has 9 heteroatoms. The van der Waals surface area contributed by atoms with Gasteiger partial charge in [0.05, 0.1) is 0 Å². The summed E-state index contributed by atoms with van der Waals surface area (Å²) in [5.41, 5.74) is 0.863. The van der Waals surface area contributed by atoms with Gasteiger partial charge in [-0.2, -0.15) is 4.98 Å². The molecule has 3 aromatic rings. The number of aromatic nitrogens is 3. The number of hydrogen-bond acceptors (Lipinski definition) is 5. The number of halogens is 2. The number of amides is 1. The monoisotopic (exact) mass is 420 g/mol. The number of H-pyrrole nitrogens is 1. The molecule has 2 heterocycles. The number of hydrogen-bond donors (Lipinski definition) is 2. The molecule has 0 saturated carbocycles. The summed E-state index contributed by atoms with van der Waals surface area (Å²) >= 11 is 3.22. The van der Waals surface area contributed by atoms with E-state index in [0.29, 0.717) is 21.4 Å². The summed E-state index contributed by atoms with van der Waals surface area (Å²) in [6.07, 6.45) is 1.76. The van der Waals surface area contributed by atoms with Crippen LogP contribution < -0.4 is 10.9 Å². The number of benzene rings is 1. The lowest BCUT2D eigenvalue weighted by molar-refractivity contribution is -0.116. The van der Waals surface area contributed by atoms with Crippen LogP contribution in [0.4, 0.5) is 10.1 Å².